The van der Waals surface area contributed by atoms with Crippen molar-refractivity contribution in [1.29, 1.82) is 0 Å². The van der Waals surface area contributed by atoms with Gasteiger partial charge in [-0.15, -0.1) is 0 Å². The fourth-order valence-corrected chi connectivity index (χ4v) is 3.22. The SMILES string of the molecule is CN=C(NCCOCC1CCCO1)NCC1(c2ccccc2)CC1. The summed E-state index contributed by atoms with van der Waals surface area (Å²) in [6.45, 7) is 3.93. The Morgan fingerprint density at radius 1 is 1.29 bits per heavy atom. The lowest BCUT2D eigenvalue weighted by atomic mass is 9.96. The fraction of sp³-hybridized carbons (Fsp3) is 0.632. The maximum Gasteiger partial charge on any atom is 0.191 e. The van der Waals surface area contributed by atoms with Gasteiger partial charge in [-0.2, -0.15) is 0 Å². The van der Waals surface area contributed by atoms with Gasteiger partial charge in [0.1, 0.15) is 0 Å². The number of rotatable bonds is 8. The fourth-order valence-electron chi connectivity index (χ4n) is 3.22. The second-order valence-electron chi connectivity index (χ2n) is 6.71. The van der Waals surface area contributed by atoms with Crippen molar-refractivity contribution in [2.45, 2.75) is 37.2 Å². The van der Waals surface area contributed by atoms with Crippen LogP contribution in [0.2, 0.25) is 0 Å². The second kappa shape index (κ2) is 8.49. The molecule has 1 unspecified atom stereocenters. The third-order valence-corrected chi connectivity index (χ3v) is 4.92. The van der Waals surface area contributed by atoms with E-state index in [0.29, 0.717) is 19.3 Å². The van der Waals surface area contributed by atoms with Crippen LogP contribution in [0.15, 0.2) is 35.3 Å². The molecule has 1 atom stereocenters. The number of hydrogen-bond acceptors (Lipinski definition) is 3. The molecule has 1 saturated heterocycles. The highest BCUT2D eigenvalue weighted by Gasteiger charge is 2.43. The largest absolute Gasteiger partial charge is 0.377 e. The molecule has 0 spiro atoms. The van der Waals surface area contributed by atoms with Crippen molar-refractivity contribution in [3.05, 3.63) is 35.9 Å². The Morgan fingerprint density at radius 3 is 2.79 bits per heavy atom. The molecule has 0 radical (unpaired) electrons. The van der Waals surface area contributed by atoms with E-state index in [0.717, 1.165) is 38.5 Å². The predicted molar refractivity (Wildman–Crippen MR) is 96.5 cm³/mol. The van der Waals surface area contributed by atoms with Crippen molar-refractivity contribution in [3.63, 3.8) is 0 Å². The molecule has 1 aliphatic carbocycles. The average Bonchev–Trinajstić information content (AvgIpc) is 3.24. The molecule has 1 aromatic carbocycles. The molecule has 24 heavy (non-hydrogen) atoms. The molecule has 1 saturated carbocycles. The molecule has 2 aliphatic rings. The number of nitrogens with zero attached hydrogens (tertiary/aromatic N) is 1. The Kier molecular flexibility index (Phi) is 6.10. The first kappa shape index (κ1) is 17.2. The van der Waals surface area contributed by atoms with Gasteiger partial charge >= 0.3 is 0 Å². The van der Waals surface area contributed by atoms with Crippen LogP contribution in [-0.4, -0.2) is 52.0 Å². The summed E-state index contributed by atoms with van der Waals surface area (Å²) in [6.07, 6.45) is 5.06. The zero-order valence-corrected chi connectivity index (χ0v) is 14.6. The zero-order valence-electron chi connectivity index (χ0n) is 14.6. The molecule has 0 amide bonds. The van der Waals surface area contributed by atoms with E-state index >= 15 is 0 Å². The molecule has 0 bridgehead atoms. The van der Waals surface area contributed by atoms with Crippen LogP contribution in [0.3, 0.4) is 0 Å². The lowest BCUT2D eigenvalue weighted by Crippen LogP contribution is -2.42. The number of guanidine groups is 1. The van der Waals surface area contributed by atoms with Gasteiger partial charge in [0.15, 0.2) is 5.96 Å². The molecule has 1 aliphatic heterocycles. The second-order valence-corrected chi connectivity index (χ2v) is 6.71. The average molecular weight is 331 g/mol. The molecular weight excluding hydrogens is 302 g/mol. The quantitative estimate of drug-likeness (QED) is 0.435. The van der Waals surface area contributed by atoms with Crippen LogP contribution in [0.5, 0.6) is 0 Å². The first-order valence-electron chi connectivity index (χ1n) is 9.02. The number of hydrogen-bond donors (Lipinski definition) is 2. The Labute approximate surface area is 144 Å². The predicted octanol–water partition coefficient (Wildman–Crippen LogP) is 2.08. The van der Waals surface area contributed by atoms with E-state index in [9.17, 15) is 0 Å². The molecule has 2 fully saturated rings. The summed E-state index contributed by atoms with van der Waals surface area (Å²) >= 11 is 0. The molecule has 0 aromatic heterocycles. The number of ether oxygens (including phenoxy) is 2. The minimum Gasteiger partial charge on any atom is -0.377 e. The first-order valence-corrected chi connectivity index (χ1v) is 9.02. The maximum atomic E-state index is 5.67. The van der Waals surface area contributed by atoms with E-state index < -0.39 is 0 Å². The summed E-state index contributed by atoms with van der Waals surface area (Å²) in [4.78, 5) is 4.30. The van der Waals surface area contributed by atoms with E-state index in [1.807, 2.05) is 7.05 Å². The molecule has 2 N–H and O–H groups in total. The van der Waals surface area contributed by atoms with Crippen molar-refractivity contribution in [2.75, 3.05) is 40.0 Å². The van der Waals surface area contributed by atoms with E-state index in [2.05, 4.69) is 46.0 Å². The molecule has 132 valence electrons. The van der Waals surface area contributed by atoms with Gasteiger partial charge < -0.3 is 20.1 Å². The van der Waals surface area contributed by atoms with E-state index in [-0.39, 0.29) is 5.41 Å². The summed E-state index contributed by atoms with van der Waals surface area (Å²) in [7, 11) is 1.81. The van der Waals surface area contributed by atoms with E-state index in [1.165, 1.54) is 18.4 Å². The summed E-state index contributed by atoms with van der Waals surface area (Å²) in [6, 6.07) is 10.8. The minimum atomic E-state index is 0.287. The van der Waals surface area contributed by atoms with Gasteiger partial charge in [0, 0.05) is 32.2 Å². The molecule has 1 aromatic rings. The maximum absolute atomic E-state index is 5.67. The lowest BCUT2D eigenvalue weighted by molar-refractivity contribution is 0.0191. The Bertz CT molecular complexity index is 523. The van der Waals surface area contributed by atoms with Crippen LogP contribution in [-0.2, 0) is 14.9 Å². The number of benzene rings is 1. The molecule has 3 rings (SSSR count). The molecular formula is C19H29N3O2. The van der Waals surface area contributed by atoms with Gasteiger partial charge in [0.2, 0.25) is 0 Å². The minimum absolute atomic E-state index is 0.287. The first-order chi connectivity index (χ1) is 11.8. The van der Waals surface area contributed by atoms with Crippen LogP contribution in [0.4, 0.5) is 0 Å². The van der Waals surface area contributed by atoms with Gasteiger partial charge in [-0.3, -0.25) is 4.99 Å². The number of nitrogens with one attached hydrogen (secondary N) is 2. The Morgan fingerprint density at radius 2 is 2.12 bits per heavy atom. The van der Waals surface area contributed by atoms with Crippen molar-refractivity contribution >= 4 is 5.96 Å². The lowest BCUT2D eigenvalue weighted by Gasteiger charge is -2.19. The van der Waals surface area contributed by atoms with Gasteiger partial charge in [-0.1, -0.05) is 30.3 Å². The summed E-state index contributed by atoms with van der Waals surface area (Å²) < 4.78 is 11.2. The summed E-state index contributed by atoms with van der Waals surface area (Å²) in [5.74, 6) is 0.845. The highest BCUT2D eigenvalue weighted by atomic mass is 16.5. The molecule has 1 heterocycles. The Hall–Kier alpha value is -1.59. The topological polar surface area (TPSA) is 54.9 Å². The zero-order chi connectivity index (χ0) is 16.7. The van der Waals surface area contributed by atoms with E-state index in [1.54, 1.807) is 0 Å². The molecule has 5 nitrogen and oxygen atoms in total. The van der Waals surface area contributed by atoms with Crippen LogP contribution >= 0.6 is 0 Å². The van der Waals surface area contributed by atoms with Gasteiger partial charge in [0.05, 0.1) is 19.3 Å². The van der Waals surface area contributed by atoms with Crippen LogP contribution in [0.1, 0.15) is 31.2 Å². The van der Waals surface area contributed by atoms with Crippen LogP contribution in [0, 0.1) is 0 Å². The van der Waals surface area contributed by atoms with Gasteiger partial charge in [0.25, 0.3) is 0 Å². The van der Waals surface area contributed by atoms with E-state index in [4.69, 9.17) is 9.47 Å². The third kappa shape index (κ3) is 4.71. The van der Waals surface area contributed by atoms with Crippen LogP contribution < -0.4 is 10.6 Å². The summed E-state index contributed by atoms with van der Waals surface area (Å²) in [5.41, 5.74) is 1.71. The summed E-state index contributed by atoms with van der Waals surface area (Å²) in [5, 5.41) is 6.78. The third-order valence-electron chi connectivity index (χ3n) is 4.92. The van der Waals surface area contributed by atoms with Gasteiger partial charge in [-0.05, 0) is 31.2 Å². The van der Waals surface area contributed by atoms with Crippen LogP contribution in [0.25, 0.3) is 0 Å². The van der Waals surface area contributed by atoms with Crippen molar-refractivity contribution in [2.24, 2.45) is 4.99 Å². The Balaban J connectivity index is 1.33. The normalized spacial score (nSPS) is 22.4. The smallest absolute Gasteiger partial charge is 0.191 e. The van der Waals surface area contributed by atoms with Gasteiger partial charge in [-0.25, -0.2) is 0 Å². The monoisotopic (exact) mass is 331 g/mol. The molecule has 5 heteroatoms. The van der Waals surface area contributed by atoms with Crippen molar-refractivity contribution < 1.29 is 9.47 Å². The number of aliphatic imine (C=N–C) groups is 1. The van der Waals surface area contributed by atoms with Crippen molar-refractivity contribution in [3.8, 4) is 0 Å². The standard InChI is InChI=1S/C19H29N3O2/c1-20-18(21-11-13-23-14-17-8-5-12-24-17)22-15-19(9-10-19)16-6-3-2-4-7-16/h2-4,6-7,17H,5,8-15H2,1H3,(H2,20,21,22). The van der Waals surface area contributed by atoms with Crippen molar-refractivity contribution in [1.82, 2.24) is 10.6 Å². The highest BCUT2D eigenvalue weighted by molar-refractivity contribution is 5.79. The highest BCUT2D eigenvalue weighted by Crippen LogP contribution is 2.47.